The second kappa shape index (κ2) is 5.79. The zero-order chi connectivity index (χ0) is 14.0. The molecule has 1 aromatic carbocycles. The van der Waals surface area contributed by atoms with Gasteiger partial charge in [0.2, 0.25) is 0 Å². The Balaban J connectivity index is 2.12. The SMILES string of the molecule is Cc1cnc(C(C)NC(=O)c2ccc(F)cc2Br)s1. The van der Waals surface area contributed by atoms with Crippen molar-refractivity contribution in [2.75, 3.05) is 0 Å². The Bertz CT molecular complexity index is 614. The van der Waals surface area contributed by atoms with Crippen LogP contribution in [-0.4, -0.2) is 10.9 Å². The Hall–Kier alpha value is -1.27. The third-order valence-corrected chi connectivity index (χ3v) is 4.28. The van der Waals surface area contributed by atoms with E-state index in [1.165, 1.54) is 18.2 Å². The van der Waals surface area contributed by atoms with Crippen molar-refractivity contribution in [1.29, 1.82) is 0 Å². The maximum Gasteiger partial charge on any atom is 0.252 e. The Labute approximate surface area is 123 Å². The highest BCUT2D eigenvalue weighted by atomic mass is 79.9. The summed E-state index contributed by atoms with van der Waals surface area (Å²) in [6, 6.07) is 3.81. The van der Waals surface area contributed by atoms with Crippen molar-refractivity contribution >= 4 is 33.2 Å². The third-order valence-electron chi connectivity index (χ3n) is 2.53. The molecule has 19 heavy (non-hydrogen) atoms. The number of hydrogen-bond donors (Lipinski definition) is 1. The number of aromatic nitrogens is 1. The standard InChI is InChI=1S/C13H12BrFN2OS/c1-7-6-16-13(19-7)8(2)17-12(18)10-4-3-9(15)5-11(10)14/h3-6,8H,1-2H3,(H,17,18). The van der Waals surface area contributed by atoms with Gasteiger partial charge >= 0.3 is 0 Å². The highest BCUT2D eigenvalue weighted by Gasteiger charge is 2.16. The Morgan fingerprint density at radius 1 is 1.53 bits per heavy atom. The molecule has 2 aromatic rings. The van der Waals surface area contributed by atoms with Gasteiger partial charge in [-0.2, -0.15) is 0 Å². The van der Waals surface area contributed by atoms with Crippen LogP contribution in [0.2, 0.25) is 0 Å². The number of carbonyl (C=O) groups is 1. The molecule has 0 aliphatic rings. The summed E-state index contributed by atoms with van der Waals surface area (Å²) in [6.07, 6.45) is 1.77. The number of nitrogens with one attached hydrogen (secondary N) is 1. The minimum atomic E-state index is -0.382. The molecule has 2 rings (SSSR count). The summed E-state index contributed by atoms with van der Waals surface area (Å²) in [5, 5.41) is 3.69. The van der Waals surface area contributed by atoms with Crippen LogP contribution in [0.25, 0.3) is 0 Å². The summed E-state index contributed by atoms with van der Waals surface area (Å²) in [5.74, 6) is -0.640. The van der Waals surface area contributed by atoms with Gasteiger partial charge in [0.1, 0.15) is 10.8 Å². The number of benzene rings is 1. The lowest BCUT2D eigenvalue weighted by atomic mass is 10.2. The molecule has 1 atom stereocenters. The molecule has 1 N–H and O–H groups in total. The van der Waals surface area contributed by atoms with Gasteiger partial charge in [-0.1, -0.05) is 0 Å². The third kappa shape index (κ3) is 3.39. The fourth-order valence-electron chi connectivity index (χ4n) is 1.58. The smallest absolute Gasteiger partial charge is 0.252 e. The van der Waals surface area contributed by atoms with Crippen molar-refractivity contribution < 1.29 is 9.18 Å². The molecule has 0 spiro atoms. The van der Waals surface area contributed by atoms with Gasteiger partial charge in [-0.05, 0) is 48.0 Å². The molecule has 0 saturated heterocycles. The number of aryl methyl sites for hydroxylation is 1. The molecule has 0 aliphatic carbocycles. The summed E-state index contributed by atoms with van der Waals surface area (Å²) >= 11 is 4.73. The largest absolute Gasteiger partial charge is 0.343 e. The first-order valence-electron chi connectivity index (χ1n) is 5.65. The van der Waals surface area contributed by atoms with Crippen molar-refractivity contribution in [2.24, 2.45) is 0 Å². The summed E-state index contributed by atoms with van der Waals surface area (Å²) in [5.41, 5.74) is 0.404. The van der Waals surface area contributed by atoms with E-state index in [-0.39, 0.29) is 17.8 Å². The van der Waals surface area contributed by atoms with Gasteiger partial charge in [0, 0.05) is 15.5 Å². The highest BCUT2D eigenvalue weighted by molar-refractivity contribution is 9.10. The van der Waals surface area contributed by atoms with Gasteiger partial charge in [-0.25, -0.2) is 9.37 Å². The Morgan fingerprint density at radius 2 is 2.26 bits per heavy atom. The summed E-state index contributed by atoms with van der Waals surface area (Å²) in [4.78, 5) is 17.4. The first-order chi connectivity index (χ1) is 8.97. The van der Waals surface area contributed by atoms with E-state index in [1.807, 2.05) is 13.8 Å². The molecule has 3 nitrogen and oxygen atoms in total. The minimum Gasteiger partial charge on any atom is -0.343 e. The Kier molecular flexibility index (Phi) is 4.31. The van der Waals surface area contributed by atoms with Gasteiger partial charge in [-0.15, -0.1) is 11.3 Å². The van der Waals surface area contributed by atoms with Crippen LogP contribution in [0.5, 0.6) is 0 Å². The molecular weight excluding hydrogens is 331 g/mol. The van der Waals surface area contributed by atoms with Crippen molar-refractivity contribution in [1.82, 2.24) is 10.3 Å². The number of hydrogen-bond acceptors (Lipinski definition) is 3. The van der Waals surface area contributed by atoms with Crippen molar-refractivity contribution in [3.63, 3.8) is 0 Å². The van der Waals surface area contributed by atoms with E-state index in [2.05, 4.69) is 26.2 Å². The fraction of sp³-hybridized carbons (Fsp3) is 0.231. The second-order valence-corrected chi connectivity index (χ2v) is 6.25. The van der Waals surface area contributed by atoms with Crippen LogP contribution in [-0.2, 0) is 0 Å². The fourth-order valence-corrected chi connectivity index (χ4v) is 2.89. The number of nitrogens with zero attached hydrogens (tertiary/aromatic N) is 1. The lowest BCUT2D eigenvalue weighted by Crippen LogP contribution is -2.26. The van der Waals surface area contributed by atoms with E-state index in [9.17, 15) is 9.18 Å². The summed E-state index contributed by atoms with van der Waals surface area (Å²) in [6.45, 7) is 3.83. The first-order valence-corrected chi connectivity index (χ1v) is 7.26. The first kappa shape index (κ1) is 14.1. The number of thiazole rings is 1. The Morgan fingerprint density at radius 3 is 2.84 bits per heavy atom. The average molecular weight is 343 g/mol. The van der Waals surface area contributed by atoms with Gasteiger partial charge in [-0.3, -0.25) is 4.79 Å². The predicted octanol–water partition coefficient (Wildman–Crippen LogP) is 3.84. The molecule has 1 amide bonds. The van der Waals surface area contributed by atoms with Gasteiger partial charge in [0.25, 0.3) is 5.91 Å². The highest BCUT2D eigenvalue weighted by Crippen LogP contribution is 2.22. The zero-order valence-electron chi connectivity index (χ0n) is 10.4. The molecule has 0 saturated carbocycles. The van der Waals surface area contributed by atoms with Crippen LogP contribution in [0, 0.1) is 12.7 Å². The van der Waals surface area contributed by atoms with Gasteiger partial charge < -0.3 is 5.32 Å². The summed E-state index contributed by atoms with van der Waals surface area (Å²) in [7, 11) is 0. The van der Waals surface area contributed by atoms with E-state index >= 15 is 0 Å². The average Bonchev–Trinajstić information content (AvgIpc) is 2.75. The molecule has 0 aliphatic heterocycles. The molecule has 0 fully saturated rings. The van der Waals surface area contributed by atoms with Crippen LogP contribution < -0.4 is 5.32 Å². The van der Waals surface area contributed by atoms with Crippen LogP contribution in [0.15, 0.2) is 28.9 Å². The number of amides is 1. The topological polar surface area (TPSA) is 42.0 Å². The molecule has 6 heteroatoms. The number of halogens is 2. The van der Waals surface area contributed by atoms with E-state index < -0.39 is 0 Å². The molecule has 0 bridgehead atoms. The van der Waals surface area contributed by atoms with E-state index in [1.54, 1.807) is 17.5 Å². The van der Waals surface area contributed by atoms with Crippen molar-refractivity contribution in [3.8, 4) is 0 Å². The van der Waals surface area contributed by atoms with E-state index in [0.717, 1.165) is 9.88 Å². The normalized spacial score (nSPS) is 12.2. The molecule has 1 unspecified atom stereocenters. The molecule has 100 valence electrons. The molecule has 0 radical (unpaired) electrons. The maximum atomic E-state index is 13.0. The predicted molar refractivity (Wildman–Crippen MR) is 76.8 cm³/mol. The second-order valence-electron chi connectivity index (χ2n) is 4.13. The van der Waals surface area contributed by atoms with E-state index in [4.69, 9.17) is 0 Å². The summed E-state index contributed by atoms with van der Waals surface area (Å²) < 4.78 is 13.4. The molecular formula is C13H12BrFN2OS. The van der Waals surface area contributed by atoms with Crippen LogP contribution >= 0.6 is 27.3 Å². The van der Waals surface area contributed by atoms with Crippen molar-refractivity contribution in [2.45, 2.75) is 19.9 Å². The van der Waals surface area contributed by atoms with Crippen LogP contribution in [0.4, 0.5) is 4.39 Å². The van der Waals surface area contributed by atoms with Crippen LogP contribution in [0.3, 0.4) is 0 Å². The van der Waals surface area contributed by atoms with Crippen molar-refractivity contribution in [3.05, 3.63) is 50.1 Å². The maximum absolute atomic E-state index is 13.0. The lowest BCUT2D eigenvalue weighted by molar-refractivity contribution is 0.0939. The number of rotatable bonds is 3. The minimum absolute atomic E-state index is 0.178. The quantitative estimate of drug-likeness (QED) is 0.920. The van der Waals surface area contributed by atoms with Gasteiger partial charge in [0.15, 0.2) is 0 Å². The zero-order valence-corrected chi connectivity index (χ0v) is 12.8. The van der Waals surface area contributed by atoms with E-state index in [0.29, 0.717) is 10.0 Å². The monoisotopic (exact) mass is 342 g/mol. The molecule has 1 heterocycles. The van der Waals surface area contributed by atoms with Crippen LogP contribution in [0.1, 0.15) is 33.2 Å². The number of carbonyl (C=O) groups excluding carboxylic acids is 1. The van der Waals surface area contributed by atoms with Gasteiger partial charge in [0.05, 0.1) is 11.6 Å². The molecule has 1 aromatic heterocycles. The lowest BCUT2D eigenvalue weighted by Gasteiger charge is -2.12.